The van der Waals surface area contributed by atoms with Gasteiger partial charge in [0.25, 0.3) is 0 Å². The molecule has 1 aliphatic carbocycles. The van der Waals surface area contributed by atoms with Crippen molar-refractivity contribution in [1.82, 2.24) is 10.3 Å². The lowest BCUT2D eigenvalue weighted by Gasteiger charge is -2.31. The number of rotatable bonds is 4. The van der Waals surface area contributed by atoms with E-state index in [1.807, 2.05) is 31.2 Å². The molecule has 1 aromatic heterocycles. The number of nitrogens with two attached hydrogens (primary N) is 1. The van der Waals surface area contributed by atoms with E-state index in [2.05, 4.69) is 10.3 Å². The van der Waals surface area contributed by atoms with Gasteiger partial charge in [-0.15, -0.1) is 0 Å². The molecule has 3 rings (SSSR count). The molecule has 0 unspecified atom stereocenters. The first kappa shape index (κ1) is 14.1. The van der Waals surface area contributed by atoms with Gasteiger partial charge in [-0.2, -0.15) is 0 Å². The second kappa shape index (κ2) is 5.85. The number of carbonyl (C=O) groups is 1. The van der Waals surface area contributed by atoms with Crippen LogP contribution in [0.2, 0.25) is 0 Å². The number of aromatic nitrogens is 1. The number of carbonyl (C=O) groups excluding carboxylic acids is 1. The predicted octanol–water partition coefficient (Wildman–Crippen LogP) is 2.52. The molecular formula is C16H21N3O2. The Kier molecular flexibility index (Phi) is 3.92. The Balaban J connectivity index is 1.75. The molecule has 21 heavy (non-hydrogen) atoms. The standard InChI is InChI=1S/C16H21N3O2/c1-10(16-19-13-8-4-5-9-14(13)21-16)18-12-7-3-2-6-11(12)15(17)20/h4-5,8-12,18H,2-3,6-7H2,1H3,(H2,17,20)/t10-,11-,12-/m0/s1. The first-order valence-corrected chi connectivity index (χ1v) is 7.56. The fraction of sp³-hybridized carbons (Fsp3) is 0.500. The average molecular weight is 287 g/mol. The van der Waals surface area contributed by atoms with Crippen LogP contribution >= 0.6 is 0 Å². The summed E-state index contributed by atoms with van der Waals surface area (Å²) in [6, 6.07) is 7.78. The molecule has 3 N–H and O–H groups in total. The monoisotopic (exact) mass is 287 g/mol. The van der Waals surface area contributed by atoms with Crippen LogP contribution in [-0.4, -0.2) is 16.9 Å². The zero-order valence-corrected chi connectivity index (χ0v) is 12.2. The first-order chi connectivity index (χ1) is 10.1. The second-order valence-electron chi connectivity index (χ2n) is 5.81. The zero-order valence-electron chi connectivity index (χ0n) is 12.2. The summed E-state index contributed by atoms with van der Waals surface area (Å²) < 4.78 is 5.78. The second-order valence-corrected chi connectivity index (χ2v) is 5.81. The van der Waals surface area contributed by atoms with Gasteiger partial charge < -0.3 is 15.5 Å². The van der Waals surface area contributed by atoms with E-state index < -0.39 is 0 Å². The Labute approximate surface area is 123 Å². The van der Waals surface area contributed by atoms with Gasteiger partial charge in [-0.05, 0) is 31.9 Å². The highest BCUT2D eigenvalue weighted by Crippen LogP contribution is 2.27. The average Bonchev–Trinajstić information content (AvgIpc) is 2.91. The van der Waals surface area contributed by atoms with Gasteiger partial charge in [-0.25, -0.2) is 4.98 Å². The Hall–Kier alpha value is -1.88. The fourth-order valence-electron chi connectivity index (χ4n) is 3.14. The largest absolute Gasteiger partial charge is 0.439 e. The van der Waals surface area contributed by atoms with Crippen molar-refractivity contribution in [3.05, 3.63) is 30.2 Å². The summed E-state index contributed by atoms with van der Waals surface area (Å²) in [7, 11) is 0. The number of benzene rings is 1. The number of para-hydroxylation sites is 2. The number of fused-ring (bicyclic) bond motifs is 1. The normalized spacial score (nSPS) is 24.0. The van der Waals surface area contributed by atoms with Crippen LogP contribution in [0.25, 0.3) is 11.1 Å². The van der Waals surface area contributed by atoms with E-state index in [0.717, 1.165) is 36.8 Å². The highest BCUT2D eigenvalue weighted by Gasteiger charge is 2.31. The Bertz CT molecular complexity index is 604. The lowest BCUT2D eigenvalue weighted by atomic mass is 9.83. The maximum absolute atomic E-state index is 11.6. The number of hydrogen-bond acceptors (Lipinski definition) is 4. The van der Waals surface area contributed by atoms with Gasteiger partial charge in [0.05, 0.1) is 12.0 Å². The van der Waals surface area contributed by atoms with Crippen molar-refractivity contribution >= 4 is 17.0 Å². The third-order valence-electron chi connectivity index (χ3n) is 4.28. The molecule has 0 bridgehead atoms. The molecule has 2 aromatic rings. The SMILES string of the molecule is C[C@H](N[C@H]1CCCC[C@@H]1C(N)=O)c1nc2ccccc2o1. The lowest BCUT2D eigenvalue weighted by Crippen LogP contribution is -2.45. The summed E-state index contributed by atoms with van der Waals surface area (Å²) in [6.45, 7) is 2.01. The number of hydrogen-bond donors (Lipinski definition) is 2. The summed E-state index contributed by atoms with van der Waals surface area (Å²) >= 11 is 0. The van der Waals surface area contributed by atoms with Gasteiger partial charge in [0, 0.05) is 6.04 Å². The number of oxazole rings is 1. The van der Waals surface area contributed by atoms with E-state index >= 15 is 0 Å². The summed E-state index contributed by atoms with van der Waals surface area (Å²) in [4.78, 5) is 16.1. The molecule has 112 valence electrons. The van der Waals surface area contributed by atoms with Crippen molar-refractivity contribution in [1.29, 1.82) is 0 Å². The fourth-order valence-corrected chi connectivity index (χ4v) is 3.14. The van der Waals surface area contributed by atoms with Crippen molar-refractivity contribution in [3.63, 3.8) is 0 Å². The van der Waals surface area contributed by atoms with Crippen molar-refractivity contribution in [2.45, 2.75) is 44.7 Å². The maximum atomic E-state index is 11.6. The van der Waals surface area contributed by atoms with Crippen LogP contribution in [0, 0.1) is 5.92 Å². The Morgan fingerprint density at radius 1 is 1.38 bits per heavy atom. The molecule has 5 nitrogen and oxygen atoms in total. The third kappa shape index (κ3) is 2.93. The van der Waals surface area contributed by atoms with Crippen LogP contribution in [0.5, 0.6) is 0 Å². The number of primary amides is 1. The van der Waals surface area contributed by atoms with Gasteiger partial charge in [-0.3, -0.25) is 4.79 Å². The van der Waals surface area contributed by atoms with E-state index in [1.54, 1.807) is 0 Å². The molecule has 3 atom stereocenters. The number of nitrogens with one attached hydrogen (secondary N) is 1. The topological polar surface area (TPSA) is 81.1 Å². The van der Waals surface area contributed by atoms with Gasteiger partial charge in [-0.1, -0.05) is 25.0 Å². The van der Waals surface area contributed by atoms with E-state index in [-0.39, 0.29) is 23.9 Å². The van der Waals surface area contributed by atoms with Crippen LogP contribution in [0.1, 0.15) is 44.5 Å². The van der Waals surface area contributed by atoms with Crippen LogP contribution in [-0.2, 0) is 4.79 Å². The molecular weight excluding hydrogens is 266 g/mol. The summed E-state index contributed by atoms with van der Waals surface area (Å²) in [6.07, 6.45) is 4.04. The molecule has 0 radical (unpaired) electrons. The molecule has 1 amide bonds. The van der Waals surface area contributed by atoms with Crippen LogP contribution in [0.3, 0.4) is 0 Å². The zero-order chi connectivity index (χ0) is 14.8. The molecule has 0 aliphatic heterocycles. The van der Waals surface area contributed by atoms with E-state index in [1.165, 1.54) is 0 Å². The van der Waals surface area contributed by atoms with Crippen molar-refractivity contribution in [2.24, 2.45) is 11.7 Å². The smallest absolute Gasteiger partial charge is 0.222 e. The highest BCUT2D eigenvalue weighted by molar-refractivity contribution is 5.77. The highest BCUT2D eigenvalue weighted by atomic mass is 16.3. The molecule has 1 heterocycles. The number of nitrogens with zero attached hydrogens (tertiary/aromatic N) is 1. The van der Waals surface area contributed by atoms with E-state index in [9.17, 15) is 4.79 Å². The molecule has 1 aromatic carbocycles. The minimum Gasteiger partial charge on any atom is -0.439 e. The van der Waals surface area contributed by atoms with Crippen LogP contribution in [0.15, 0.2) is 28.7 Å². The molecule has 1 saturated carbocycles. The maximum Gasteiger partial charge on any atom is 0.222 e. The Morgan fingerprint density at radius 2 is 2.14 bits per heavy atom. The minimum absolute atomic E-state index is 0.0395. The summed E-state index contributed by atoms with van der Waals surface area (Å²) in [5, 5.41) is 3.47. The lowest BCUT2D eigenvalue weighted by molar-refractivity contribution is -0.123. The molecule has 0 saturated heterocycles. The first-order valence-electron chi connectivity index (χ1n) is 7.56. The van der Waals surface area contributed by atoms with E-state index in [0.29, 0.717) is 5.89 Å². The quantitative estimate of drug-likeness (QED) is 0.905. The van der Waals surface area contributed by atoms with Crippen molar-refractivity contribution in [3.8, 4) is 0 Å². The molecule has 1 aliphatic rings. The van der Waals surface area contributed by atoms with Gasteiger partial charge in [0.2, 0.25) is 11.8 Å². The summed E-state index contributed by atoms with van der Waals surface area (Å²) in [5.74, 6) is 0.354. The predicted molar refractivity (Wildman–Crippen MR) is 80.5 cm³/mol. The molecule has 0 spiro atoms. The molecule has 1 fully saturated rings. The van der Waals surface area contributed by atoms with E-state index in [4.69, 9.17) is 10.2 Å². The van der Waals surface area contributed by atoms with Crippen molar-refractivity contribution < 1.29 is 9.21 Å². The van der Waals surface area contributed by atoms with Gasteiger partial charge in [0.15, 0.2) is 5.58 Å². The molecule has 5 heteroatoms. The summed E-state index contributed by atoms with van der Waals surface area (Å²) in [5.41, 5.74) is 7.16. The van der Waals surface area contributed by atoms with Gasteiger partial charge in [0.1, 0.15) is 5.52 Å². The number of amides is 1. The minimum atomic E-state index is -0.211. The van der Waals surface area contributed by atoms with Crippen LogP contribution in [0.4, 0.5) is 0 Å². The van der Waals surface area contributed by atoms with Crippen LogP contribution < -0.4 is 11.1 Å². The van der Waals surface area contributed by atoms with Gasteiger partial charge >= 0.3 is 0 Å². The third-order valence-corrected chi connectivity index (χ3v) is 4.28. The Morgan fingerprint density at radius 3 is 2.90 bits per heavy atom. The van der Waals surface area contributed by atoms with Crippen molar-refractivity contribution in [2.75, 3.05) is 0 Å².